The maximum Gasteiger partial charge on any atom is 0.264 e. The highest BCUT2D eigenvalue weighted by Gasteiger charge is 2.17. The van der Waals surface area contributed by atoms with Crippen LogP contribution in [0.1, 0.15) is 0 Å². The molecule has 0 fully saturated rings. The predicted molar refractivity (Wildman–Crippen MR) is 77.8 cm³/mol. The Bertz CT molecular complexity index is 735. The molecule has 0 aliphatic rings. The maximum atomic E-state index is 11.7. The number of para-hydroxylation sites is 1. The van der Waals surface area contributed by atoms with Crippen molar-refractivity contribution in [3.05, 3.63) is 48.7 Å². The molecule has 0 saturated heterocycles. The predicted octanol–water partition coefficient (Wildman–Crippen LogP) is 2.03. The number of aromatic nitrogens is 1. The molecule has 2 rings (SSSR count). The largest absolute Gasteiger partial charge is 0.482 e. The minimum absolute atomic E-state index is 0.0173. The van der Waals surface area contributed by atoms with Crippen molar-refractivity contribution in [2.75, 3.05) is 11.9 Å². The molecule has 110 valence electrons. The van der Waals surface area contributed by atoms with Gasteiger partial charge in [0.2, 0.25) is 0 Å². The first-order valence-corrected chi connectivity index (χ1v) is 8.15. The van der Waals surface area contributed by atoms with E-state index in [9.17, 15) is 13.2 Å². The molecule has 0 aliphatic heterocycles. The Hall–Kier alpha value is -2.12. The standard InChI is InChI=1S/C13H11ClN2O4S/c14-21(18,19)11-6-2-1-5-10(11)20-9-13(17)16-12-7-3-4-8-15-12/h1-8H,9H2,(H,15,16,17). The summed E-state index contributed by atoms with van der Waals surface area (Å²) in [6, 6.07) is 10.9. The lowest BCUT2D eigenvalue weighted by atomic mass is 10.3. The number of anilines is 1. The van der Waals surface area contributed by atoms with Crippen LogP contribution in [0, 0.1) is 0 Å². The van der Waals surface area contributed by atoms with Crippen LogP contribution >= 0.6 is 10.7 Å². The van der Waals surface area contributed by atoms with E-state index < -0.39 is 15.0 Å². The highest BCUT2D eigenvalue weighted by Crippen LogP contribution is 2.26. The fraction of sp³-hybridized carbons (Fsp3) is 0.0769. The minimum Gasteiger partial charge on any atom is -0.482 e. The zero-order valence-corrected chi connectivity index (χ0v) is 12.3. The van der Waals surface area contributed by atoms with Crippen molar-refractivity contribution < 1.29 is 17.9 Å². The summed E-state index contributed by atoms with van der Waals surface area (Å²) in [5, 5.41) is 2.51. The molecule has 1 heterocycles. The third kappa shape index (κ3) is 4.44. The number of hydrogen-bond acceptors (Lipinski definition) is 5. The Morgan fingerprint density at radius 1 is 1.19 bits per heavy atom. The Labute approximate surface area is 126 Å². The van der Waals surface area contributed by atoms with Crippen LogP contribution in [0.25, 0.3) is 0 Å². The van der Waals surface area contributed by atoms with E-state index in [1.807, 2.05) is 0 Å². The normalized spacial score (nSPS) is 10.9. The number of carbonyl (C=O) groups excluding carboxylic acids is 1. The van der Waals surface area contributed by atoms with Crippen molar-refractivity contribution in [1.29, 1.82) is 0 Å². The molecule has 0 unspecified atom stereocenters. The molecule has 6 nitrogen and oxygen atoms in total. The molecule has 2 aromatic rings. The molecule has 8 heteroatoms. The van der Waals surface area contributed by atoms with Crippen LogP contribution < -0.4 is 10.1 Å². The molecule has 1 N–H and O–H groups in total. The van der Waals surface area contributed by atoms with Gasteiger partial charge in [-0.15, -0.1) is 0 Å². The summed E-state index contributed by atoms with van der Waals surface area (Å²) < 4.78 is 27.9. The van der Waals surface area contributed by atoms with Crippen LogP contribution in [0.15, 0.2) is 53.6 Å². The van der Waals surface area contributed by atoms with Crippen LogP contribution in [0.2, 0.25) is 0 Å². The van der Waals surface area contributed by atoms with Gasteiger partial charge in [-0.2, -0.15) is 0 Å². The minimum atomic E-state index is -3.94. The van der Waals surface area contributed by atoms with Gasteiger partial charge in [0.25, 0.3) is 15.0 Å². The topological polar surface area (TPSA) is 85.4 Å². The van der Waals surface area contributed by atoms with Crippen LogP contribution in [0.3, 0.4) is 0 Å². The molecule has 0 saturated carbocycles. The van der Waals surface area contributed by atoms with Crippen LogP contribution in [-0.4, -0.2) is 25.9 Å². The van der Waals surface area contributed by atoms with E-state index in [1.54, 1.807) is 24.3 Å². The van der Waals surface area contributed by atoms with Gasteiger partial charge >= 0.3 is 0 Å². The fourth-order valence-electron chi connectivity index (χ4n) is 1.53. The van der Waals surface area contributed by atoms with E-state index in [-0.39, 0.29) is 17.3 Å². The van der Waals surface area contributed by atoms with Gasteiger partial charge in [-0.25, -0.2) is 13.4 Å². The van der Waals surface area contributed by atoms with E-state index in [4.69, 9.17) is 15.4 Å². The molecular formula is C13H11ClN2O4S. The lowest BCUT2D eigenvalue weighted by molar-refractivity contribution is -0.118. The highest BCUT2D eigenvalue weighted by molar-refractivity contribution is 8.13. The second-order valence-corrected chi connectivity index (χ2v) is 6.47. The second kappa shape index (κ2) is 6.55. The second-order valence-electron chi connectivity index (χ2n) is 3.94. The van der Waals surface area contributed by atoms with Gasteiger partial charge in [0, 0.05) is 16.9 Å². The SMILES string of the molecule is O=C(COc1ccccc1S(=O)(=O)Cl)Nc1ccccn1. The summed E-state index contributed by atoms with van der Waals surface area (Å²) in [7, 11) is 1.35. The van der Waals surface area contributed by atoms with Crippen molar-refractivity contribution in [2.24, 2.45) is 0 Å². The molecule has 0 radical (unpaired) electrons. The monoisotopic (exact) mass is 326 g/mol. The van der Waals surface area contributed by atoms with Crippen molar-refractivity contribution in [3.63, 3.8) is 0 Å². The highest BCUT2D eigenvalue weighted by atomic mass is 35.7. The van der Waals surface area contributed by atoms with Gasteiger partial charge in [0.05, 0.1) is 0 Å². The zero-order chi connectivity index (χ0) is 15.3. The van der Waals surface area contributed by atoms with Crippen molar-refractivity contribution in [3.8, 4) is 5.75 Å². The van der Waals surface area contributed by atoms with E-state index in [0.29, 0.717) is 5.82 Å². The average molecular weight is 327 g/mol. The summed E-state index contributed by atoms with van der Waals surface area (Å²) >= 11 is 0. The molecule has 0 spiro atoms. The molecule has 0 atom stereocenters. The lowest BCUT2D eigenvalue weighted by Gasteiger charge is -2.09. The Balaban J connectivity index is 2.02. The van der Waals surface area contributed by atoms with Gasteiger partial charge in [-0.05, 0) is 24.3 Å². The first-order valence-electron chi connectivity index (χ1n) is 5.84. The van der Waals surface area contributed by atoms with Gasteiger partial charge in [0.1, 0.15) is 16.5 Å². The fourth-order valence-corrected chi connectivity index (χ4v) is 2.52. The number of hydrogen-bond donors (Lipinski definition) is 1. The zero-order valence-electron chi connectivity index (χ0n) is 10.7. The molecule has 1 amide bonds. The summed E-state index contributed by atoms with van der Waals surface area (Å²) in [5.74, 6) is -0.0662. The molecule has 0 aliphatic carbocycles. The maximum absolute atomic E-state index is 11.7. The first kappa shape index (κ1) is 15.3. The van der Waals surface area contributed by atoms with E-state index in [1.165, 1.54) is 24.4 Å². The van der Waals surface area contributed by atoms with E-state index >= 15 is 0 Å². The molecule has 0 bridgehead atoms. The smallest absolute Gasteiger partial charge is 0.264 e. The van der Waals surface area contributed by atoms with Crippen molar-refractivity contribution >= 4 is 31.5 Å². The van der Waals surface area contributed by atoms with Gasteiger partial charge in [0.15, 0.2) is 6.61 Å². The molecule has 1 aromatic carbocycles. The molecule has 21 heavy (non-hydrogen) atoms. The van der Waals surface area contributed by atoms with Crippen LogP contribution in [0.5, 0.6) is 5.75 Å². The number of nitrogens with one attached hydrogen (secondary N) is 1. The number of carbonyl (C=O) groups is 1. The van der Waals surface area contributed by atoms with E-state index in [0.717, 1.165) is 0 Å². The number of benzene rings is 1. The van der Waals surface area contributed by atoms with Crippen LogP contribution in [0.4, 0.5) is 5.82 Å². The third-order valence-electron chi connectivity index (χ3n) is 2.40. The number of halogens is 1. The number of rotatable bonds is 5. The Morgan fingerprint density at radius 3 is 2.57 bits per heavy atom. The number of nitrogens with zero attached hydrogens (tertiary/aromatic N) is 1. The van der Waals surface area contributed by atoms with Gasteiger partial charge < -0.3 is 10.1 Å². The summed E-state index contributed by atoms with van der Waals surface area (Å²) in [6.07, 6.45) is 1.53. The van der Waals surface area contributed by atoms with E-state index in [2.05, 4.69) is 10.3 Å². The molecular weight excluding hydrogens is 316 g/mol. The van der Waals surface area contributed by atoms with Crippen molar-refractivity contribution in [1.82, 2.24) is 4.98 Å². The number of ether oxygens (including phenoxy) is 1. The van der Waals surface area contributed by atoms with Crippen molar-refractivity contribution in [2.45, 2.75) is 4.90 Å². The van der Waals surface area contributed by atoms with Gasteiger partial charge in [-0.1, -0.05) is 18.2 Å². The first-order chi connectivity index (χ1) is 9.97. The summed E-state index contributed by atoms with van der Waals surface area (Å²) in [5.41, 5.74) is 0. The quantitative estimate of drug-likeness (QED) is 0.850. The average Bonchev–Trinajstić information content (AvgIpc) is 2.45. The third-order valence-corrected chi connectivity index (χ3v) is 3.76. The lowest BCUT2D eigenvalue weighted by Crippen LogP contribution is -2.21. The number of amides is 1. The van der Waals surface area contributed by atoms with Crippen LogP contribution in [-0.2, 0) is 13.8 Å². The summed E-state index contributed by atoms with van der Waals surface area (Å²) in [6.45, 7) is -0.361. The Morgan fingerprint density at radius 2 is 1.90 bits per heavy atom. The summed E-state index contributed by atoms with van der Waals surface area (Å²) in [4.78, 5) is 15.4. The van der Waals surface area contributed by atoms with Gasteiger partial charge in [-0.3, -0.25) is 4.79 Å². The Kier molecular flexibility index (Phi) is 4.77. The molecule has 1 aromatic heterocycles. The number of pyridine rings is 1.